The minimum absolute atomic E-state index is 0. The second kappa shape index (κ2) is 4.10. The molecule has 0 aliphatic rings. The topological polar surface area (TPSA) is 80.3 Å². The molecule has 0 aliphatic carbocycles. The first-order valence-corrected chi connectivity index (χ1v) is 4.72. The molecule has 0 aromatic carbocycles. The largest absolute Gasteiger partial charge is 1.00 e. The predicted molar refractivity (Wildman–Crippen MR) is 23.8 cm³/mol. The summed E-state index contributed by atoms with van der Waals surface area (Å²) in [5, 5.41) is 0. The smallest absolute Gasteiger partial charge is 0.707 e. The van der Waals surface area contributed by atoms with Gasteiger partial charge in [0.1, 0.15) is 6.26 Å². The number of rotatable bonds is 1. The third kappa shape index (κ3) is 5.36. The molecule has 0 aromatic heterocycles. The molecule has 4 nitrogen and oxygen atoms in total. The van der Waals surface area contributed by atoms with Gasteiger partial charge in [-0.15, -0.1) is 0 Å². The van der Waals surface area contributed by atoms with Crippen LogP contribution in [0.2, 0.25) is 0 Å². The Balaban J connectivity index is 0. The molecule has 0 bridgehead atoms. The summed E-state index contributed by atoms with van der Waals surface area (Å²) in [6.07, 6.45) is 0.822. The quantitative estimate of drug-likeness (QED) is 0.171. The Hall–Kier alpha value is 1.22. The van der Waals surface area contributed by atoms with Crippen molar-refractivity contribution in [2.24, 2.45) is 0 Å². The van der Waals surface area contributed by atoms with Crippen LogP contribution < -0.4 is 29.6 Å². The maximum atomic E-state index is 9.68. The minimum atomic E-state index is -4.52. The maximum absolute atomic E-state index is 9.68. The van der Waals surface area contributed by atoms with Gasteiger partial charge in [0.15, 0.2) is 0 Å². The van der Waals surface area contributed by atoms with Gasteiger partial charge < -0.3 is 9.11 Å². The van der Waals surface area contributed by atoms with E-state index in [1.54, 1.807) is 0 Å². The molecule has 0 saturated carbocycles. The van der Waals surface area contributed by atoms with Crippen molar-refractivity contribution in [1.29, 1.82) is 0 Å². The average Bonchev–Trinajstić information content (AvgIpc) is 1.31. The molecule has 1 atom stereocenters. The van der Waals surface area contributed by atoms with Crippen LogP contribution in [0.1, 0.15) is 0 Å². The van der Waals surface area contributed by atoms with Crippen molar-refractivity contribution in [2.75, 3.05) is 6.26 Å². The van der Waals surface area contributed by atoms with E-state index >= 15 is 0 Å². The van der Waals surface area contributed by atoms with Crippen molar-refractivity contribution in [3.63, 3.8) is 0 Å². The molecule has 0 N–H and O–H groups in total. The van der Waals surface area contributed by atoms with E-state index in [1.165, 1.54) is 0 Å². The van der Waals surface area contributed by atoms with Crippen molar-refractivity contribution >= 4 is 19.4 Å². The van der Waals surface area contributed by atoms with E-state index in [1.807, 2.05) is 0 Å². The van der Waals surface area contributed by atoms with E-state index in [0.29, 0.717) is 0 Å². The fraction of sp³-hybridized carbons (Fsp3) is 1.00. The summed E-state index contributed by atoms with van der Waals surface area (Å²) < 4.78 is 38.1. The van der Waals surface area contributed by atoms with Crippen molar-refractivity contribution in [2.45, 2.75) is 0 Å². The van der Waals surface area contributed by atoms with Crippen LogP contribution in [-0.2, 0) is 19.4 Å². The molecule has 0 heterocycles. The zero-order valence-electron chi connectivity index (χ0n) is 4.45. The number of hydrogen-bond donors (Lipinski definition) is 0. The van der Waals surface area contributed by atoms with Crippen LogP contribution in [0.15, 0.2) is 0 Å². The first kappa shape index (κ1) is 12.0. The Kier molecular flexibility index (Phi) is 6.13. The third-order valence-electron chi connectivity index (χ3n) is 0.287. The SMILES string of the molecule is C[S+]([O-])S(=O)(=O)[O-].[Na+]. The first-order chi connectivity index (χ1) is 2.94. The monoisotopic (exact) mass is 166 g/mol. The molecular weight excluding hydrogens is 163 g/mol. The van der Waals surface area contributed by atoms with E-state index in [-0.39, 0.29) is 29.6 Å². The molecule has 0 fully saturated rings. The molecular formula is CH3NaO4S2. The van der Waals surface area contributed by atoms with Crippen LogP contribution >= 0.6 is 0 Å². The molecule has 1 unspecified atom stereocenters. The van der Waals surface area contributed by atoms with Gasteiger partial charge in [-0.2, -0.15) is 8.42 Å². The van der Waals surface area contributed by atoms with Crippen molar-refractivity contribution in [1.82, 2.24) is 0 Å². The maximum Gasteiger partial charge on any atom is 1.00 e. The Morgan fingerprint density at radius 2 is 1.62 bits per heavy atom. The van der Waals surface area contributed by atoms with Crippen LogP contribution in [0.25, 0.3) is 0 Å². The summed E-state index contributed by atoms with van der Waals surface area (Å²) >= 11 is 0. The van der Waals surface area contributed by atoms with Gasteiger partial charge in [0.25, 0.3) is 9.15 Å². The minimum Gasteiger partial charge on any atom is -0.707 e. The van der Waals surface area contributed by atoms with Crippen LogP contribution in [0, 0.1) is 0 Å². The Morgan fingerprint density at radius 3 is 1.62 bits per heavy atom. The van der Waals surface area contributed by atoms with Crippen molar-refractivity contribution < 1.29 is 47.1 Å². The number of hydrogen-bond acceptors (Lipinski definition) is 4. The molecule has 44 valence electrons. The zero-order chi connectivity index (χ0) is 6.08. The summed E-state index contributed by atoms with van der Waals surface area (Å²) in [6.45, 7) is 0. The normalized spacial score (nSPS) is 14.4. The molecule has 0 aromatic rings. The van der Waals surface area contributed by atoms with Gasteiger partial charge in [0, 0.05) is 0 Å². The van der Waals surface area contributed by atoms with E-state index in [4.69, 9.17) is 0 Å². The standard InChI is InChI=1S/CH4O4S2.Na/c1-6(2)7(3,4)5;/h1H3,(H,3,4,5);/q;+1/p-1. The van der Waals surface area contributed by atoms with Crippen LogP contribution in [0.5, 0.6) is 0 Å². The van der Waals surface area contributed by atoms with Crippen LogP contribution in [0.4, 0.5) is 0 Å². The summed E-state index contributed by atoms with van der Waals surface area (Å²) in [4.78, 5) is 0. The van der Waals surface area contributed by atoms with Crippen molar-refractivity contribution in [3.8, 4) is 0 Å². The Bertz CT molecular complexity index is 136. The van der Waals surface area contributed by atoms with Gasteiger partial charge in [-0.3, -0.25) is 0 Å². The van der Waals surface area contributed by atoms with Crippen molar-refractivity contribution in [3.05, 3.63) is 0 Å². The molecule has 0 radical (unpaired) electrons. The first-order valence-electron chi connectivity index (χ1n) is 1.24. The second-order valence-electron chi connectivity index (χ2n) is 0.810. The predicted octanol–water partition coefficient (Wildman–Crippen LogP) is -4.17. The Morgan fingerprint density at radius 1 is 1.50 bits per heavy atom. The zero-order valence-corrected chi connectivity index (χ0v) is 8.08. The van der Waals surface area contributed by atoms with Gasteiger partial charge in [0.2, 0.25) is 0 Å². The van der Waals surface area contributed by atoms with Gasteiger partial charge in [0.05, 0.1) is 10.2 Å². The molecule has 0 aliphatic heterocycles. The second-order valence-corrected chi connectivity index (χ2v) is 5.06. The average molecular weight is 166 g/mol. The molecule has 8 heavy (non-hydrogen) atoms. The van der Waals surface area contributed by atoms with E-state index in [0.717, 1.165) is 6.26 Å². The van der Waals surface area contributed by atoms with Gasteiger partial charge in [-0.25, -0.2) is 0 Å². The molecule has 0 amide bonds. The van der Waals surface area contributed by atoms with Gasteiger partial charge in [-0.05, 0) is 0 Å². The molecule has 0 spiro atoms. The fourth-order valence-corrected chi connectivity index (χ4v) is 0. The van der Waals surface area contributed by atoms with Crippen LogP contribution in [0.3, 0.4) is 0 Å². The molecule has 0 saturated heterocycles. The van der Waals surface area contributed by atoms with E-state index < -0.39 is 19.4 Å². The summed E-state index contributed by atoms with van der Waals surface area (Å²) in [6, 6.07) is 0. The third-order valence-corrected chi connectivity index (χ3v) is 2.59. The molecule has 0 rings (SSSR count). The van der Waals surface area contributed by atoms with E-state index in [2.05, 4.69) is 0 Å². The van der Waals surface area contributed by atoms with Crippen LogP contribution in [-0.4, -0.2) is 23.8 Å². The fourth-order valence-electron chi connectivity index (χ4n) is 0. The van der Waals surface area contributed by atoms with E-state index in [9.17, 15) is 17.5 Å². The Labute approximate surface area is 72.3 Å². The van der Waals surface area contributed by atoms with Gasteiger partial charge in [-0.1, -0.05) is 0 Å². The summed E-state index contributed by atoms with van der Waals surface area (Å²) in [7, 11) is -6.78. The summed E-state index contributed by atoms with van der Waals surface area (Å²) in [5.74, 6) is 0. The summed E-state index contributed by atoms with van der Waals surface area (Å²) in [5.41, 5.74) is 0. The molecule has 7 heteroatoms. The van der Waals surface area contributed by atoms with Gasteiger partial charge >= 0.3 is 29.6 Å².